The fraction of sp³-hybridized carbons (Fsp3) is 0.0149. The van der Waals surface area contributed by atoms with Crippen LogP contribution in [-0.4, -0.2) is 9.13 Å². The number of furan rings is 2. The highest BCUT2D eigenvalue weighted by molar-refractivity contribution is 6.17. The van der Waals surface area contributed by atoms with E-state index in [1.54, 1.807) is 0 Å². The average molecular weight is 1780 g/mol. The summed E-state index contributed by atoms with van der Waals surface area (Å²) in [5, 5.41) is 9.23. The van der Waals surface area contributed by atoms with E-state index in [0.717, 1.165) is 150 Å². The molecule has 0 radical (unpaired) electrons. The molecule has 650 valence electrons. The van der Waals surface area contributed by atoms with Gasteiger partial charge in [0, 0.05) is 82.5 Å². The summed E-state index contributed by atoms with van der Waals surface area (Å²) in [4.78, 5) is 4.99. The van der Waals surface area contributed by atoms with Crippen LogP contribution in [0.25, 0.3) is 199 Å². The molecular weight excluding hydrogens is 1700 g/mol. The maximum absolute atomic E-state index is 7.01. The zero-order chi connectivity index (χ0) is 91.6. The van der Waals surface area contributed by atoms with Gasteiger partial charge in [0.2, 0.25) is 0 Å². The van der Waals surface area contributed by atoms with E-state index in [2.05, 4.69) is 510 Å². The first-order valence-corrected chi connectivity index (χ1v) is 48.4. The van der Waals surface area contributed by atoms with Gasteiger partial charge >= 0.3 is 0 Å². The first-order chi connectivity index (χ1) is 69.4. The Bertz CT molecular complexity index is 9640. The second-order valence-electron chi connectivity index (χ2n) is 37.9. The quantitative estimate of drug-likeness (QED) is 0.115. The first kappa shape index (κ1) is 78.0. The highest BCUT2D eigenvalue weighted by Gasteiger charge is 2.53. The second-order valence-corrected chi connectivity index (χ2v) is 37.9. The third-order valence-corrected chi connectivity index (χ3v) is 30.9. The summed E-state index contributed by atoms with van der Waals surface area (Å²) in [7, 11) is 0. The number of benzene rings is 22. The third kappa shape index (κ3) is 11.1. The summed E-state index contributed by atoms with van der Waals surface area (Å²) in [6, 6.07) is 185. The molecule has 0 saturated heterocycles. The van der Waals surface area contributed by atoms with Crippen molar-refractivity contribution in [3.8, 4) is 112 Å². The number of hydrogen-bond donors (Lipinski definition) is 0. The Labute approximate surface area is 808 Å². The van der Waals surface area contributed by atoms with E-state index in [9.17, 15) is 0 Å². The van der Waals surface area contributed by atoms with Crippen LogP contribution in [0.2, 0.25) is 0 Å². The molecule has 2 aliphatic heterocycles. The fourth-order valence-corrected chi connectivity index (χ4v) is 25.0. The number of para-hydroxylation sites is 7. The molecule has 6 heterocycles. The van der Waals surface area contributed by atoms with Crippen LogP contribution in [0.1, 0.15) is 44.5 Å². The topological polar surface area (TPSA) is 42.6 Å². The Hall–Kier alpha value is -18.4. The van der Waals surface area contributed by atoms with Crippen molar-refractivity contribution in [2.24, 2.45) is 0 Å². The van der Waals surface area contributed by atoms with E-state index >= 15 is 0 Å². The SMILES string of the molecule is c1ccc(-c2cccc(-c3ccccc3N(c3ccc(-c4ccc5oc6cc(-c7ccc8c(c7)c7cccc9c7n8-c7ccc(N(c8ccc(-c%10cccc%11c%10oc%10ccccc%10%11)cc8)c8ccccc8-c8cccc(-c%10ccccc%10)c8)cc7C97c8ccccc8-c8ccccc87)ccc6c5c4)cc3)c3ccc4c(c3)C3(c5ccccc5-c5ccccc53)c3cccc5c6ccccc6n-4c35)c2)cc1. The molecule has 2 aliphatic carbocycles. The molecule has 0 unspecified atom stereocenters. The lowest BCUT2D eigenvalue weighted by Gasteiger charge is -2.40. The summed E-state index contributed by atoms with van der Waals surface area (Å²) in [5.74, 6) is 0. The number of fused-ring (bicyclic) bond motifs is 30. The van der Waals surface area contributed by atoms with Crippen LogP contribution in [0.5, 0.6) is 0 Å². The third-order valence-electron chi connectivity index (χ3n) is 30.9. The molecule has 26 aromatic rings. The molecule has 2 spiro atoms. The van der Waals surface area contributed by atoms with Crippen molar-refractivity contribution in [1.82, 2.24) is 9.13 Å². The van der Waals surface area contributed by atoms with Gasteiger partial charge in [-0.1, -0.05) is 364 Å². The van der Waals surface area contributed by atoms with Gasteiger partial charge in [0.05, 0.1) is 55.6 Å². The Balaban J connectivity index is 0.541. The Morgan fingerprint density at radius 1 is 0.171 bits per heavy atom. The molecule has 0 saturated carbocycles. The van der Waals surface area contributed by atoms with Gasteiger partial charge in [0.1, 0.15) is 22.3 Å². The standard InChI is InChI=1S/C134H82N4O2/c1-3-28-83(29-4-1)87-32-23-34-92(76-87)98-36-11-19-54-121(98)135(96-69-73-125-119(81-96)133(113-48-15-7-38-101(113)102-39-8-16-49-114(102)133)117-52-26-45-108-105-42-13-21-56-123(105)137(125)130(108)117)94-65-58-85(59-66-94)89-64-75-128-112(79-89)107-71-62-91(80-129(107)139-128)90-63-72-124-111(78-90)109-46-27-53-118-131(109)138(124)126-74-70-97(82-120(126)134(118)115-50-17-9-40-103(115)104-41-10-18-51-116(104)134)136(122-55-20-12-37-99(122)93-35-24-33-88(77-93)84-30-5-2-6-31-84)95-67-60-86(61-68-95)100-44-25-47-110-106-43-14-22-57-127(106)140-132(100)110/h1-82H. The Morgan fingerprint density at radius 3 is 1.10 bits per heavy atom. The average Bonchev–Trinajstić information content (AvgIpc) is 1.50. The highest BCUT2D eigenvalue weighted by atomic mass is 16.3. The Kier molecular flexibility index (Phi) is 16.8. The van der Waals surface area contributed by atoms with Crippen LogP contribution < -0.4 is 9.80 Å². The molecule has 22 aromatic carbocycles. The van der Waals surface area contributed by atoms with Crippen molar-refractivity contribution >= 4 is 122 Å². The fourth-order valence-electron chi connectivity index (χ4n) is 25.0. The zero-order valence-electron chi connectivity index (χ0n) is 75.9. The molecule has 6 heteroatoms. The van der Waals surface area contributed by atoms with E-state index in [4.69, 9.17) is 8.83 Å². The van der Waals surface area contributed by atoms with Crippen LogP contribution in [0.3, 0.4) is 0 Å². The molecular formula is C134H82N4O2. The molecule has 140 heavy (non-hydrogen) atoms. The van der Waals surface area contributed by atoms with Gasteiger partial charge < -0.3 is 27.8 Å². The largest absolute Gasteiger partial charge is 0.456 e. The predicted molar refractivity (Wildman–Crippen MR) is 579 cm³/mol. The van der Waals surface area contributed by atoms with Crippen molar-refractivity contribution in [3.05, 3.63) is 542 Å². The van der Waals surface area contributed by atoms with Crippen LogP contribution in [0, 0.1) is 0 Å². The van der Waals surface area contributed by atoms with E-state index < -0.39 is 10.8 Å². The molecule has 0 atom stereocenters. The van der Waals surface area contributed by atoms with Crippen LogP contribution in [0.15, 0.2) is 506 Å². The molecule has 0 bridgehead atoms. The minimum Gasteiger partial charge on any atom is -0.456 e. The minimum atomic E-state index is -0.732. The van der Waals surface area contributed by atoms with Crippen molar-refractivity contribution in [1.29, 1.82) is 0 Å². The summed E-state index contributed by atoms with van der Waals surface area (Å²) in [6.45, 7) is 0. The van der Waals surface area contributed by atoms with Gasteiger partial charge in [-0.05, 0) is 261 Å². The molecule has 0 amide bonds. The summed E-state index contributed by atoms with van der Waals surface area (Å²) < 4.78 is 18.8. The van der Waals surface area contributed by atoms with Gasteiger partial charge in [-0.3, -0.25) is 0 Å². The van der Waals surface area contributed by atoms with E-state index in [1.165, 1.54) is 127 Å². The number of nitrogens with zero attached hydrogens (tertiary/aromatic N) is 4. The van der Waals surface area contributed by atoms with Gasteiger partial charge in [0.25, 0.3) is 0 Å². The lowest BCUT2D eigenvalue weighted by molar-refractivity contribution is 0.669. The summed E-state index contributed by atoms with van der Waals surface area (Å²) in [6.07, 6.45) is 0. The minimum absolute atomic E-state index is 0.649. The first-order valence-electron chi connectivity index (χ1n) is 48.4. The zero-order valence-corrected chi connectivity index (χ0v) is 75.9. The number of rotatable bonds is 13. The molecule has 4 aliphatic rings. The van der Waals surface area contributed by atoms with Crippen molar-refractivity contribution in [2.75, 3.05) is 9.80 Å². The lowest BCUT2D eigenvalue weighted by atomic mass is 9.65. The predicted octanol–water partition coefficient (Wildman–Crippen LogP) is 35.6. The maximum atomic E-state index is 7.01. The van der Waals surface area contributed by atoms with E-state index in [1.807, 2.05) is 6.07 Å². The van der Waals surface area contributed by atoms with E-state index in [0.29, 0.717) is 0 Å². The molecule has 30 rings (SSSR count). The van der Waals surface area contributed by atoms with Gasteiger partial charge in [-0.2, -0.15) is 0 Å². The summed E-state index contributed by atoms with van der Waals surface area (Å²) in [5.41, 5.74) is 46.3. The van der Waals surface area contributed by atoms with Crippen LogP contribution in [0.4, 0.5) is 34.1 Å². The Morgan fingerprint density at radius 2 is 0.529 bits per heavy atom. The maximum Gasteiger partial charge on any atom is 0.143 e. The molecule has 4 aromatic heterocycles. The van der Waals surface area contributed by atoms with Crippen LogP contribution >= 0.6 is 0 Å². The monoisotopic (exact) mass is 1780 g/mol. The number of aromatic nitrogens is 2. The van der Waals surface area contributed by atoms with E-state index in [-0.39, 0.29) is 0 Å². The van der Waals surface area contributed by atoms with Gasteiger partial charge in [-0.15, -0.1) is 0 Å². The number of hydrogen-bond acceptors (Lipinski definition) is 4. The number of anilines is 6. The van der Waals surface area contributed by atoms with Crippen molar-refractivity contribution in [2.45, 2.75) is 10.8 Å². The normalized spacial score (nSPS) is 13.1. The summed E-state index contributed by atoms with van der Waals surface area (Å²) >= 11 is 0. The highest BCUT2D eigenvalue weighted by Crippen LogP contribution is 2.65. The smallest absolute Gasteiger partial charge is 0.143 e. The second kappa shape index (κ2) is 30.1. The molecule has 0 fully saturated rings. The van der Waals surface area contributed by atoms with Crippen molar-refractivity contribution in [3.63, 3.8) is 0 Å². The lowest BCUT2D eigenvalue weighted by Crippen LogP contribution is -2.33. The van der Waals surface area contributed by atoms with Gasteiger partial charge in [-0.25, -0.2) is 0 Å². The molecule has 0 N–H and O–H groups in total. The van der Waals surface area contributed by atoms with Crippen molar-refractivity contribution < 1.29 is 8.83 Å². The van der Waals surface area contributed by atoms with Gasteiger partial charge in [0.15, 0.2) is 0 Å². The molecule has 6 nitrogen and oxygen atoms in total. The van der Waals surface area contributed by atoms with Crippen LogP contribution in [-0.2, 0) is 10.8 Å².